The number of pyridine rings is 1. The van der Waals surface area contributed by atoms with Crippen LogP contribution < -0.4 is 5.32 Å². The lowest BCUT2D eigenvalue weighted by Gasteiger charge is -2.11. The predicted molar refractivity (Wildman–Crippen MR) is 67.1 cm³/mol. The summed E-state index contributed by atoms with van der Waals surface area (Å²) >= 11 is 0. The fraction of sp³-hybridized carbons (Fsp3) is 0.143. The Kier molecular flexibility index (Phi) is 2.57. The number of hydrogen-bond acceptors (Lipinski definition) is 3. The molecule has 3 rings (SSSR count). The van der Waals surface area contributed by atoms with E-state index in [2.05, 4.69) is 10.3 Å². The standard InChI is InChI=1S/C14H12N2O2/c17-12-7-10-6-11(8-15-14(10)16-12)13(18)9-4-2-1-3-5-9/h1-6,8,13,18H,7H2,(H,15,16,17)/t13-/m1/s1. The zero-order valence-corrected chi connectivity index (χ0v) is 9.63. The molecule has 2 aromatic rings. The third kappa shape index (κ3) is 1.87. The largest absolute Gasteiger partial charge is 0.384 e. The second-order valence-corrected chi connectivity index (χ2v) is 4.31. The van der Waals surface area contributed by atoms with Crippen molar-refractivity contribution in [2.45, 2.75) is 12.5 Å². The zero-order chi connectivity index (χ0) is 12.5. The Balaban J connectivity index is 1.94. The summed E-state index contributed by atoms with van der Waals surface area (Å²) in [4.78, 5) is 15.4. The van der Waals surface area contributed by atoms with Crippen LogP contribution in [-0.2, 0) is 11.2 Å². The molecule has 0 spiro atoms. The van der Waals surface area contributed by atoms with Crippen LogP contribution in [-0.4, -0.2) is 16.0 Å². The molecule has 1 aromatic heterocycles. The molecule has 2 N–H and O–H groups in total. The highest BCUT2D eigenvalue weighted by Gasteiger charge is 2.21. The van der Waals surface area contributed by atoms with Crippen LogP contribution in [0.5, 0.6) is 0 Å². The molecule has 1 aromatic carbocycles. The first kappa shape index (κ1) is 10.9. The molecule has 0 unspecified atom stereocenters. The third-order valence-corrected chi connectivity index (χ3v) is 3.03. The molecule has 4 nitrogen and oxygen atoms in total. The number of rotatable bonds is 2. The first-order valence-corrected chi connectivity index (χ1v) is 5.76. The SMILES string of the molecule is O=C1Cc2cc([C@H](O)c3ccccc3)cnc2N1. The van der Waals surface area contributed by atoms with E-state index in [1.54, 1.807) is 6.20 Å². The maximum absolute atomic E-state index is 11.2. The van der Waals surface area contributed by atoms with Crippen molar-refractivity contribution in [1.29, 1.82) is 0 Å². The van der Waals surface area contributed by atoms with E-state index in [0.717, 1.165) is 11.1 Å². The van der Waals surface area contributed by atoms with Crippen molar-refractivity contribution in [3.8, 4) is 0 Å². The van der Waals surface area contributed by atoms with E-state index < -0.39 is 6.10 Å². The summed E-state index contributed by atoms with van der Waals surface area (Å²) in [5.74, 6) is 0.549. The minimum absolute atomic E-state index is 0.0520. The summed E-state index contributed by atoms with van der Waals surface area (Å²) in [7, 11) is 0. The van der Waals surface area contributed by atoms with Crippen LogP contribution in [0.2, 0.25) is 0 Å². The Morgan fingerprint density at radius 3 is 2.78 bits per heavy atom. The molecule has 0 fully saturated rings. The van der Waals surface area contributed by atoms with Gasteiger partial charge in [0.2, 0.25) is 5.91 Å². The summed E-state index contributed by atoms with van der Waals surface area (Å²) < 4.78 is 0. The van der Waals surface area contributed by atoms with Crippen LogP contribution in [0.3, 0.4) is 0 Å². The number of aromatic nitrogens is 1. The number of anilines is 1. The lowest BCUT2D eigenvalue weighted by molar-refractivity contribution is -0.115. The van der Waals surface area contributed by atoms with Gasteiger partial charge in [-0.15, -0.1) is 0 Å². The Hall–Kier alpha value is -2.20. The number of aliphatic hydroxyl groups excluding tert-OH is 1. The van der Waals surface area contributed by atoms with Gasteiger partial charge in [0.25, 0.3) is 0 Å². The normalized spacial score (nSPS) is 15.1. The number of carbonyl (C=O) groups excluding carboxylic acids is 1. The molecule has 0 bridgehead atoms. The van der Waals surface area contributed by atoms with E-state index in [1.165, 1.54) is 0 Å². The highest BCUT2D eigenvalue weighted by molar-refractivity contribution is 5.97. The van der Waals surface area contributed by atoms with E-state index in [9.17, 15) is 9.90 Å². The fourth-order valence-corrected chi connectivity index (χ4v) is 2.10. The second-order valence-electron chi connectivity index (χ2n) is 4.31. The second kappa shape index (κ2) is 4.23. The number of fused-ring (bicyclic) bond motifs is 1. The molecule has 0 radical (unpaired) electrons. The highest BCUT2D eigenvalue weighted by Crippen LogP contribution is 2.26. The Labute approximate surface area is 104 Å². The zero-order valence-electron chi connectivity index (χ0n) is 9.63. The number of benzene rings is 1. The van der Waals surface area contributed by atoms with Crippen molar-refractivity contribution in [2.75, 3.05) is 5.32 Å². The summed E-state index contributed by atoms with van der Waals surface area (Å²) in [5, 5.41) is 12.9. The van der Waals surface area contributed by atoms with Gasteiger partial charge in [-0.1, -0.05) is 30.3 Å². The maximum Gasteiger partial charge on any atom is 0.230 e. The van der Waals surface area contributed by atoms with Crippen molar-refractivity contribution < 1.29 is 9.90 Å². The molecular weight excluding hydrogens is 228 g/mol. The first-order valence-electron chi connectivity index (χ1n) is 5.76. The number of aliphatic hydroxyl groups is 1. The lowest BCUT2D eigenvalue weighted by atomic mass is 10.0. The monoisotopic (exact) mass is 240 g/mol. The summed E-state index contributed by atoms with van der Waals surface area (Å²) in [6.45, 7) is 0. The van der Waals surface area contributed by atoms with E-state index in [4.69, 9.17) is 0 Å². The molecule has 0 saturated carbocycles. The molecule has 90 valence electrons. The van der Waals surface area contributed by atoms with Gasteiger partial charge in [0.05, 0.1) is 6.42 Å². The van der Waals surface area contributed by atoms with Crippen molar-refractivity contribution in [2.24, 2.45) is 0 Å². The van der Waals surface area contributed by atoms with Gasteiger partial charge < -0.3 is 10.4 Å². The van der Waals surface area contributed by atoms with Gasteiger partial charge in [-0.3, -0.25) is 4.79 Å². The van der Waals surface area contributed by atoms with Crippen molar-refractivity contribution in [3.05, 3.63) is 59.3 Å². The third-order valence-electron chi connectivity index (χ3n) is 3.03. The number of nitrogens with one attached hydrogen (secondary N) is 1. The molecule has 4 heteroatoms. The van der Waals surface area contributed by atoms with Crippen LogP contribution >= 0.6 is 0 Å². The van der Waals surface area contributed by atoms with E-state index >= 15 is 0 Å². The van der Waals surface area contributed by atoms with Crippen LogP contribution in [0, 0.1) is 0 Å². The Bertz CT molecular complexity index is 596. The van der Waals surface area contributed by atoms with Crippen molar-refractivity contribution >= 4 is 11.7 Å². The molecule has 18 heavy (non-hydrogen) atoms. The smallest absolute Gasteiger partial charge is 0.230 e. The average molecular weight is 240 g/mol. The topological polar surface area (TPSA) is 62.2 Å². The summed E-state index contributed by atoms with van der Waals surface area (Å²) in [5.41, 5.74) is 2.36. The molecule has 0 saturated heterocycles. The number of hydrogen-bond donors (Lipinski definition) is 2. The minimum atomic E-state index is -0.709. The average Bonchev–Trinajstić information content (AvgIpc) is 2.78. The van der Waals surface area contributed by atoms with E-state index in [-0.39, 0.29) is 5.91 Å². The first-order chi connectivity index (χ1) is 8.74. The molecule has 1 atom stereocenters. The summed E-state index contributed by atoms with van der Waals surface area (Å²) in [6, 6.07) is 11.2. The molecule has 1 aliphatic rings. The van der Waals surface area contributed by atoms with Gasteiger partial charge in [-0.25, -0.2) is 4.98 Å². The van der Waals surface area contributed by atoms with E-state index in [0.29, 0.717) is 17.8 Å². The van der Waals surface area contributed by atoms with Crippen molar-refractivity contribution in [3.63, 3.8) is 0 Å². The molecule has 2 heterocycles. The lowest BCUT2D eigenvalue weighted by Crippen LogP contribution is -2.04. The van der Waals surface area contributed by atoms with Crippen LogP contribution in [0.15, 0.2) is 42.6 Å². The fourth-order valence-electron chi connectivity index (χ4n) is 2.10. The van der Waals surface area contributed by atoms with Crippen LogP contribution in [0.1, 0.15) is 22.8 Å². The van der Waals surface area contributed by atoms with Gasteiger partial charge in [0.15, 0.2) is 0 Å². The quantitative estimate of drug-likeness (QED) is 0.839. The number of amides is 1. The van der Waals surface area contributed by atoms with Gasteiger partial charge >= 0.3 is 0 Å². The number of nitrogens with zero attached hydrogens (tertiary/aromatic N) is 1. The molecule has 1 aliphatic heterocycles. The number of carbonyl (C=O) groups is 1. The maximum atomic E-state index is 11.2. The Morgan fingerprint density at radius 1 is 1.22 bits per heavy atom. The van der Waals surface area contributed by atoms with Crippen LogP contribution in [0.4, 0.5) is 5.82 Å². The van der Waals surface area contributed by atoms with Gasteiger partial charge in [-0.2, -0.15) is 0 Å². The van der Waals surface area contributed by atoms with Crippen molar-refractivity contribution in [1.82, 2.24) is 4.98 Å². The van der Waals surface area contributed by atoms with Gasteiger partial charge in [0, 0.05) is 17.3 Å². The minimum Gasteiger partial charge on any atom is -0.384 e. The molecule has 0 aliphatic carbocycles. The van der Waals surface area contributed by atoms with E-state index in [1.807, 2.05) is 36.4 Å². The summed E-state index contributed by atoms with van der Waals surface area (Å²) in [6.07, 6.45) is 1.22. The van der Waals surface area contributed by atoms with Gasteiger partial charge in [-0.05, 0) is 11.6 Å². The molecular formula is C14H12N2O2. The highest BCUT2D eigenvalue weighted by atomic mass is 16.3. The molecule has 1 amide bonds. The Morgan fingerprint density at radius 2 is 2.00 bits per heavy atom. The van der Waals surface area contributed by atoms with Crippen LogP contribution in [0.25, 0.3) is 0 Å². The van der Waals surface area contributed by atoms with Gasteiger partial charge in [0.1, 0.15) is 11.9 Å². The predicted octanol–water partition coefficient (Wildman–Crippen LogP) is 1.66.